The number of carbonyl (C=O) groups excluding carboxylic acids is 1. The van der Waals surface area contributed by atoms with Crippen molar-refractivity contribution in [1.82, 2.24) is 4.98 Å². The Kier molecular flexibility index (Phi) is 5.18. The van der Waals surface area contributed by atoms with Gasteiger partial charge < -0.3 is 21.5 Å². The van der Waals surface area contributed by atoms with E-state index in [0.29, 0.717) is 28.7 Å². The molecule has 2 aromatic rings. The standard InChI is InChI=1S/C20H22FN5O2S/c1-11-8-28-10-20(15(11)9-29-19(23)26-20)14-6-13(3-4-16(14)21)25-18(27)17-5-2-12(22)7-24-17/h2-7,11,15H,8-10,22H2,1H3,(H2,23,26)(H,25,27)/t11-,15-,20-/m1/s1. The summed E-state index contributed by atoms with van der Waals surface area (Å²) in [6.07, 6.45) is 1.41. The molecule has 0 saturated carbocycles. The Balaban J connectivity index is 1.70. The lowest BCUT2D eigenvalue weighted by Gasteiger charge is -2.47. The highest BCUT2D eigenvalue weighted by Crippen LogP contribution is 2.47. The molecular formula is C20H22FN5O2S. The first-order valence-corrected chi connectivity index (χ1v) is 10.3. The number of anilines is 2. The summed E-state index contributed by atoms with van der Waals surface area (Å²) in [5, 5.41) is 3.18. The maximum atomic E-state index is 15.0. The first-order chi connectivity index (χ1) is 13.9. The van der Waals surface area contributed by atoms with E-state index in [9.17, 15) is 9.18 Å². The lowest BCUT2D eigenvalue weighted by molar-refractivity contribution is -0.0339. The summed E-state index contributed by atoms with van der Waals surface area (Å²) in [6.45, 7) is 2.92. The van der Waals surface area contributed by atoms with Crippen molar-refractivity contribution in [2.45, 2.75) is 12.5 Å². The van der Waals surface area contributed by atoms with Crippen LogP contribution >= 0.6 is 11.8 Å². The molecule has 1 saturated heterocycles. The molecule has 1 aromatic heterocycles. The van der Waals surface area contributed by atoms with Crippen LogP contribution in [0.2, 0.25) is 0 Å². The Morgan fingerprint density at radius 1 is 1.34 bits per heavy atom. The Bertz CT molecular complexity index is 968. The summed E-state index contributed by atoms with van der Waals surface area (Å²) in [4.78, 5) is 21.2. The highest BCUT2D eigenvalue weighted by molar-refractivity contribution is 8.13. The number of halogens is 1. The average molecular weight is 415 g/mol. The molecule has 2 aliphatic rings. The van der Waals surface area contributed by atoms with Crippen molar-refractivity contribution >= 4 is 34.2 Å². The predicted molar refractivity (Wildman–Crippen MR) is 112 cm³/mol. The van der Waals surface area contributed by atoms with Crippen molar-refractivity contribution in [3.05, 3.63) is 53.6 Å². The van der Waals surface area contributed by atoms with Crippen molar-refractivity contribution < 1.29 is 13.9 Å². The van der Waals surface area contributed by atoms with Crippen molar-refractivity contribution in [2.24, 2.45) is 22.6 Å². The van der Waals surface area contributed by atoms with Gasteiger partial charge >= 0.3 is 0 Å². The maximum absolute atomic E-state index is 15.0. The van der Waals surface area contributed by atoms with Crippen molar-refractivity contribution in [1.29, 1.82) is 0 Å². The fourth-order valence-electron chi connectivity index (χ4n) is 3.92. The first-order valence-electron chi connectivity index (χ1n) is 9.28. The number of hydrogen-bond acceptors (Lipinski definition) is 7. The highest BCUT2D eigenvalue weighted by Gasteiger charge is 2.50. The second-order valence-corrected chi connectivity index (χ2v) is 8.45. The zero-order valence-corrected chi connectivity index (χ0v) is 16.7. The van der Waals surface area contributed by atoms with Crippen molar-refractivity contribution in [3.63, 3.8) is 0 Å². The van der Waals surface area contributed by atoms with Crippen LogP contribution in [0.25, 0.3) is 0 Å². The van der Waals surface area contributed by atoms with E-state index >= 15 is 0 Å². The third kappa shape index (κ3) is 3.67. The number of amides is 1. The number of pyridine rings is 1. The van der Waals surface area contributed by atoms with E-state index in [1.807, 2.05) is 0 Å². The highest BCUT2D eigenvalue weighted by atomic mass is 32.2. The monoisotopic (exact) mass is 415 g/mol. The average Bonchev–Trinajstić information content (AvgIpc) is 2.69. The fourth-order valence-corrected chi connectivity index (χ4v) is 5.10. The molecule has 5 N–H and O–H groups in total. The minimum Gasteiger partial charge on any atom is -0.397 e. The summed E-state index contributed by atoms with van der Waals surface area (Å²) in [7, 11) is 0. The van der Waals surface area contributed by atoms with Gasteiger partial charge in [-0.05, 0) is 36.2 Å². The SMILES string of the molecule is C[C@@H]1COC[C@]2(c3cc(NC(=O)c4ccc(N)cn4)ccc3F)N=C(N)SC[C@H]12. The van der Waals surface area contributed by atoms with Crippen LogP contribution in [0.3, 0.4) is 0 Å². The molecule has 0 bridgehead atoms. The Labute approximate surface area is 172 Å². The van der Waals surface area contributed by atoms with Gasteiger partial charge in [-0.15, -0.1) is 0 Å². The minimum atomic E-state index is -0.905. The van der Waals surface area contributed by atoms with E-state index < -0.39 is 17.3 Å². The number of nitrogen functional groups attached to an aromatic ring is 1. The first kappa shape index (κ1) is 19.7. The van der Waals surface area contributed by atoms with Gasteiger partial charge in [0.25, 0.3) is 5.91 Å². The fraction of sp³-hybridized carbons (Fsp3) is 0.350. The number of nitrogens with two attached hydrogens (primary N) is 2. The Morgan fingerprint density at radius 3 is 2.93 bits per heavy atom. The topological polar surface area (TPSA) is 116 Å². The number of nitrogens with zero attached hydrogens (tertiary/aromatic N) is 2. The van der Waals surface area contributed by atoms with Gasteiger partial charge in [0, 0.05) is 29.5 Å². The number of aliphatic imine (C=N–C) groups is 1. The van der Waals surface area contributed by atoms with Gasteiger partial charge in [0.05, 0.1) is 18.5 Å². The van der Waals surface area contributed by atoms with Crippen LogP contribution < -0.4 is 16.8 Å². The second kappa shape index (κ2) is 7.64. The molecular weight excluding hydrogens is 393 g/mol. The number of rotatable bonds is 3. The second-order valence-electron chi connectivity index (χ2n) is 7.41. The van der Waals surface area contributed by atoms with Gasteiger partial charge in [0.15, 0.2) is 5.17 Å². The molecule has 0 aliphatic carbocycles. The number of carbonyl (C=O) groups is 1. The van der Waals surface area contributed by atoms with Crippen molar-refractivity contribution in [2.75, 3.05) is 30.0 Å². The van der Waals surface area contributed by atoms with Crippen molar-refractivity contribution in [3.8, 4) is 0 Å². The van der Waals surface area contributed by atoms with Crippen LogP contribution in [0.1, 0.15) is 23.0 Å². The van der Waals surface area contributed by atoms with Crippen LogP contribution in [-0.2, 0) is 10.3 Å². The normalized spacial score (nSPS) is 26.3. The summed E-state index contributed by atoms with van der Waals surface area (Å²) in [5.74, 6) is 0.204. The Morgan fingerprint density at radius 2 is 2.17 bits per heavy atom. The van der Waals surface area contributed by atoms with Crippen LogP contribution in [0, 0.1) is 17.7 Å². The van der Waals surface area contributed by atoms with Gasteiger partial charge in [0.2, 0.25) is 0 Å². The van der Waals surface area contributed by atoms with E-state index in [4.69, 9.17) is 16.2 Å². The smallest absolute Gasteiger partial charge is 0.274 e. The largest absolute Gasteiger partial charge is 0.397 e. The predicted octanol–water partition coefficient (Wildman–Crippen LogP) is 2.59. The number of aromatic nitrogens is 1. The summed E-state index contributed by atoms with van der Waals surface area (Å²) in [5.41, 5.74) is 12.2. The minimum absolute atomic E-state index is 0.0766. The van der Waals surface area contributed by atoms with Gasteiger partial charge in [-0.25, -0.2) is 14.4 Å². The zero-order valence-electron chi connectivity index (χ0n) is 15.9. The van der Waals surface area contributed by atoms with E-state index in [0.717, 1.165) is 5.75 Å². The molecule has 1 fully saturated rings. The summed E-state index contributed by atoms with van der Waals surface area (Å²) < 4.78 is 20.7. The van der Waals surface area contributed by atoms with Gasteiger partial charge in [-0.2, -0.15) is 0 Å². The molecule has 152 valence electrons. The molecule has 0 spiro atoms. The molecule has 29 heavy (non-hydrogen) atoms. The molecule has 1 aromatic carbocycles. The molecule has 0 unspecified atom stereocenters. The van der Waals surface area contributed by atoms with Crippen LogP contribution in [0.5, 0.6) is 0 Å². The van der Waals surface area contributed by atoms with Gasteiger partial charge in [-0.3, -0.25) is 4.79 Å². The number of thioether (sulfide) groups is 1. The quantitative estimate of drug-likeness (QED) is 0.710. The van der Waals surface area contributed by atoms with Crippen LogP contribution in [-0.4, -0.2) is 35.0 Å². The summed E-state index contributed by atoms with van der Waals surface area (Å²) in [6, 6.07) is 7.59. The molecule has 3 atom stereocenters. The molecule has 4 rings (SSSR count). The van der Waals surface area contributed by atoms with Crippen LogP contribution in [0.15, 0.2) is 41.5 Å². The molecule has 0 radical (unpaired) electrons. The lowest BCUT2D eigenvalue weighted by atomic mass is 9.72. The zero-order chi connectivity index (χ0) is 20.6. The number of fused-ring (bicyclic) bond motifs is 1. The number of benzene rings is 1. The van der Waals surface area contributed by atoms with Crippen LogP contribution in [0.4, 0.5) is 15.8 Å². The molecule has 2 aliphatic heterocycles. The number of hydrogen-bond donors (Lipinski definition) is 3. The van der Waals surface area contributed by atoms with E-state index in [1.165, 1.54) is 36.2 Å². The maximum Gasteiger partial charge on any atom is 0.274 e. The van der Waals surface area contributed by atoms with Gasteiger partial charge in [-0.1, -0.05) is 18.7 Å². The number of nitrogens with one attached hydrogen (secondary N) is 1. The molecule has 7 nitrogen and oxygen atoms in total. The number of ether oxygens (including phenoxy) is 1. The van der Waals surface area contributed by atoms with E-state index in [2.05, 4.69) is 22.2 Å². The molecule has 1 amide bonds. The van der Waals surface area contributed by atoms with E-state index in [-0.39, 0.29) is 24.1 Å². The third-order valence-corrected chi connectivity index (χ3v) is 6.35. The lowest BCUT2D eigenvalue weighted by Crippen LogP contribution is -2.51. The third-order valence-electron chi connectivity index (χ3n) is 5.43. The van der Waals surface area contributed by atoms with E-state index in [1.54, 1.807) is 12.1 Å². The molecule has 9 heteroatoms. The Hall–Kier alpha value is -2.65. The number of amidine groups is 1. The summed E-state index contributed by atoms with van der Waals surface area (Å²) >= 11 is 1.48. The van der Waals surface area contributed by atoms with Gasteiger partial charge in [0.1, 0.15) is 17.1 Å². The molecule has 3 heterocycles.